The number of hydrogen-bond donors (Lipinski definition) is 2. The van der Waals surface area contributed by atoms with E-state index in [0.717, 1.165) is 15.9 Å². The number of aliphatic imine (C=N–C) groups is 1. The molecule has 2 aromatic rings. The van der Waals surface area contributed by atoms with Crippen molar-refractivity contribution in [2.75, 3.05) is 26.1 Å². The zero-order valence-corrected chi connectivity index (χ0v) is 14.8. The van der Waals surface area contributed by atoms with Gasteiger partial charge in [0.1, 0.15) is 0 Å². The maximum Gasteiger partial charge on any atom is 0.193 e. The van der Waals surface area contributed by atoms with Gasteiger partial charge in [0.2, 0.25) is 0 Å². The number of guanidine groups is 1. The molecule has 0 bridgehead atoms. The molecule has 118 valence electrons. The summed E-state index contributed by atoms with van der Waals surface area (Å²) in [6.45, 7) is 0.638. The molecule has 0 radical (unpaired) electrons. The number of thiophene rings is 1. The molecular weight excluding hydrogens is 366 g/mol. The third-order valence-corrected chi connectivity index (χ3v) is 4.61. The quantitative estimate of drug-likeness (QED) is 0.591. The van der Waals surface area contributed by atoms with Crippen molar-refractivity contribution in [2.24, 2.45) is 10.7 Å². The van der Waals surface area contributed by atoms with E-state index in [2.05, 4.69) is 32.3 Å². The molecule has 1 heterocycles. The Labute approximate surface area is 142 Å². The molecule has 7 heteroatoms. The fraction of sp³-hybridized carbons (Fsp3) is 0.267. The standard InChI is InChI=1S/C15H18BrN3O2S/c1-20-12-5-3-10(9-13(12)21-2)19-15(17)18-8-7-11-4-6-14(16)22-11/h3-6,9H,7-8H2,1-2H3,(H3,17,18,19). The van der Waals surface area contributed by atoms with E-state index >= 15 is 0 Å². The Morgan fingerprint density at radius 3 is 2.64 bits per heavy atom. The van der Waals surface area contributed by atoms with Crippen LogP contribution in [0, 0.1) is 0 Å². The van der Waals surface area contributed by atoms with Gasteiger partial charge in [0, 0.05) is 29.6 Å². The van der Waals surface area contributed by atoms with Crippen molar-refractivity contribution < 1.29 is 9.47 Å². The third-order valence-electron chi connectivity index (χ3n) is 2.93. The molecule has 1 aromatic carbocycles. The van der Waals surface area contributed by atoms with Crippen LogP contribution in [0.25, 0.3) is 0 Å². The van der Waals surface area contributed by atoms with Crippen LogP contribution in [0.2, 0.25) is 0 Å². The van der Waals surface area contributed by atoms with Gasteiger partial charge in [0.25, 0.3) is 0 Å². The van der Waals surface area contributed by atoms with E-state index in [0.29, 0.717) is 24.0 Å². The van der Waals surface area contributed by atoms with Gasteiger partial charge in [-0.25, -0.2) is 0 Å². The second-order valence-electron chi connectivity index (χ2n) is 4.42. The van der Waals surface area contributed by atoms with E-state index in [9.17, 15) is 0 Å². The lowest BCUT2D eigenvalue weighted by atomic mass is 10.3. The summed E-state index contributed by atoms with van der Waals surface area (Å²) in [6, 6.07) is 9.62. The lowest BCUT2D eigenvalue weighted by Gasteiger charge is -2.10. The average molecular weight is 384 g/mol. The summed E-state index contributed by atoms with van der Waals surface area (Å²) in [5, 5.41) is 3.05. The van der Waals surface area contributed by atoms with Crippen molar-refractivity contribution in [1.29, 1.82) is 0 Å². The summed E-state index contributed by atoms with van der Waals surface area (Å²) in [7, 11) is 3.20. The van der Waals surface area contributed by atoms with Gasteiger partial charge < -0.3 is 20.5 Å². The number of nitrogens with zero attached hydrogens (tertiary/aromatic N) is 1. The third kappa shape index (κ3) is 4.64. The zero-order chi connectivity index (χ0) is 15.9. The van der Waals surface area contributed by atoms with Crippen molar-refractivity contribution in [2.45, 2.75) is 6.42 Å². The topological polar surface area (TPSA) is 68.9 Å². The van der Waals surface area contributed by atoms with Gasteiger partial charge in [-0.05, 0) is 40.2 Å². The number of benzene rings is 1. The van der Waals surface area contributed by atoms with Gasteiger partial charge in [0.05, 0.1) is 18.0 Å². The van der Waals surface area contributed by atoms with Crippen LogP contribution in [0.1, 0.15) is 4.88 Å². The first-order valence-corrected chi connectivity index (χ1v) is 8.26. The van der Waals surface area contributed by atoms with E-state index in [1.165, 1.54) is 4.88 Å². The summed E-state index contributed by atoms with van der Waals surface area (Å²) in [6.07, 6.45) is 0.866. The summed E-state index contributed by atoms with van der Waals surface area (Å²) >= 11 is 5.15. The SMILES string of the molecule is COc1ccc(NC(N)=NCCc2ccc(Br)s2)cc1OC. The van der Waals surface area contributed by atoms with Crippen LogP contribution in [0.3, 0.4) is 0 Å². The van der Waals surface area contributed by atoms with Gasteiger partial charge in [-0.2, -0.15) is 0 Å². The van der Waals surface area contributed by atoms with E-state index in [-0.39, 0.29) is 0 Å². The highest BCUT2D eigenvalue weighted by Gasteiger charge is 2.05. The smallest absolute Gasteiger partial charge is 0.193 e. The van der Waals surface area contributed by atoms with Crippen LogP contribution in [-0.2, 0) is 6.42 Å². The number of hydrogen-bond acceptors (Lipinski definition) is 4. The molecule has 0 atom stereocenters. The van der Waals surface area contributed by atoms with E-state index < -0.39 is 0 Å². The largest absolute Gasteiger partial charge is 0.493 e. The number of methoxy groups -OCH3 is 2. The molecule has 0 saturated carbocycles. The van der Waals surface area contributed by atoms with Crippen LogP contribution in [0.4, 0.5) is 5.69 Å². The molecule has 0 unspecified atom stereocenters. The molecule has 0 spiro atoms. The predicted octanol–water partition coefficient (Wildman–Crippen LogP) is 3.50. The first-order valence-electron chi connectivity index (χ1n) is 6.65. The number of nitrogens with two attached hydrogens (primary N) is 1. The van der Waals surface area contributed by atoms with E-state index in [1.54, 1.807) is 25.6 Å². The summed E-state index contributed by atoms with van der Waals surface area (Å²) in [5.74, 6) is 1.69. The highest BCUT2D eigenvalue weighted by atomic mass is 79.9. The Hall–Kier alpha value is -1.73. The minimum Gasteiger partial charge on any atom is -0.493 e. The van der Waals surface area contributed by atoms with Crippen LogP contribution in [-0.4, -0.2) is 26.7 Å². The van der Waals surface area contributed by atoms with Crippen molar-refractivity contribution in [3.8, 4) is 11.5 Å². The highest BCUT2D eigenvalue weighted by Crippen LogP contribution is 2.29. The zero-order valence-electron chi connectivity index (χ0n) is 12.4. The van der Waals surface area contributed by atoms with Crippen LogP contribution in [0.5, 0.6) is 11.5 Å². The second-order valence-corrected chi connectivity index (χ2v) is 6.97. The maximum absolute atomic E-state index is 5.90. The Morgan fingerprint density at radius 2 is 2.00 bits per heavy atom. The second kappa shape index (κ2) is 8.05. The van der Waals surface area contributed by atoms with Gasteiger partial charge in [0.15, 0.2) is 17.5 Å². The molecule has 0 amide bonds. The number of halogens is 1. The monoisotopic (exact) mass is 383 g/mol. The van der Waals surface area contributed by atoms with Crippen LogP contribution >= 0.6 is 27.3 Å². The molecule has 0 aliphatic carbocycles. The van der Waals surface area contributed by atoms with Crippen molar-refractivity contribution in [1.82, 2.24) is 0 Å². The molecule has 0 saturated heterocycles. The lowest BCUT2D eigenvalue weighted by molar-refractivity contribution is 0.355. The molecule has 0 fully saturated rings. The minimum absolute atomic E-state index is 0.378. The predicted molar refractivity (Wildman–Crippen MR) is 95.4 cm³/mol. The Bertz CT molecular complexity index is 658. The molecular formula is C15H18BrN3O2S. The van der Waals surface area contributed by atoms with Gasteiger partial charge in [-0.1, -0.05) is 0 Å². The van der Waals surface area contributed by atoms with Gasteiger partial charge >= 0.3 is 0 Å². The molecule has 3 N–H and O–H groups in total. The molecule has 0 aliphatic rings. The van der Waals surface area contributed by atoms with Crippen molar-refractivity contribution in [3.63, 3.8) is 0 Å². The fourth-order valence-electron chi connectivity index (χ4n) is 1.87. The molecule has 2 rings (SSSR count). The normalized spacial score (nSPS) is 11.3. The first-order chi connectivity index (χ1) is 10.6. The first kappa shape index (κ1) is 16.6. The van der Waals surface area contributed by atoms with E-state index in [1.807, 2.05) is 24.3 Å². The highest BCUT2D eigenvalue weighted by molar-refractivity contribution is 9.11. The number of ether oxygens (including phenoxy) is 2. The number of anilines is 1. The molecule has 5 nitrogen and oxygen atoms in total. The van der Waals surface area contributed by atoms with Crippen molar-refractivity contribution >= 4 is 38.9 Å². The number of rotatable bonds is 6. The Morgan fingerprint density at radius 1 is 1.23 bits per heavy atom. The van der Waals surface area contributed by atoms with Crippen LogP contribution < -0.4 is 20.5 Å². The summed E-state index contributed by atoms with van der Waals surface area (Å²) < 4.78 is 11.6. The van der Waals surface area contributed by atoms with Gasteiger partial charge in [-0.3, -0.25) is 4.99 Å². The Kier molecular flexibility index (Phi) is 6.09. The average Bonchev–Trinajstić information content (AvgIpc) is 2.92. The van der Waals surface area contributed by atoms with Gasteiger partial charge in [-0.15, -0.1) is 11.3 Å². The molecule has 0 aliphatic heterocycles. The molecule has 1 aromatic heterocycles. The minimum atomic E-state index is 0.378. The Balaban J connectivity index is 1.93. The number of nitrogens with one attached hydrogen (secondary N) is 1. The van der Waals surface area contributed by atoms with Crippen molar-refractivity contribution in [3.05, 3.63) is 39.0 Å². The summed E-state index contributed by atoms with van der Waals surface area (Å²) in [4.78, 5) is 5.60. The lowest BCUT2D eigenvalue weighted by Crippen LogP contribution is -2.23. The van der Waals surface area contributed by atoms with Crippen LogP contribution in [0.15, 0.2) is 39.1 Å². The summed E-state index contributed by atoms with van der Waals surface area (Å²) in [5.41, 5.74) is 6.70. The fourth-order valence-corrected chi connectivity index (χ4v) is 3.35. The maximum atomic E-state index is 5.90. The van der Waals surface area contributed by atoms with E-state index in [4.69, 9.17) is 15.2 Å². The molecule has 22 heavy (non-hydrogen) atoms.